The summed E-state index contributed by atoms with van der Waals surface area (Å²) in [5, 5.41) is 0. The first-order chi connectivity index (χ1) is 9.70. The standard InChI is InChI=1S/C16H20F2N2O/c1-16(2,3)10-4-6-20(7-5-10)15(21)11-8-14(19)13(18)9-12(11)17/h4,8-9H,5-7,19H2,1-3H3. The molecule has 1 aliphatic heterocycles. The molecule has 0 aliphatic carbocycles. The van der Waals surface area contributed by atoms with Gasteiger partial charge < -0.3 is 10.6 Å². The molecule has 0 saturated heterocycles. The molecule has 0 aromatic heterocycles. The van der Waals surface area contributed by atoms with Crippen LogP contribution in [-0.2, 0) is 0 Å². The van der Waals surface area contributed by atoms with E-state index < -0.39 is 17.5 Å². The third-order valence-electron chi connectivity index (χ3n) is 3.78. The van der Waals surface area contributed by atoms with Crippen LogP contribution in [0.5, 0.6) is 0 Å². The third-order valence-corrected chi connectivity index (χ3v) is 3.78. The van der Waals surface area contributed by atoms with E-state index in [1.807, 2.05) is 6.08 Å². The molecule has 0 spiro atoms. The first-order valence-corrected chi connectivity index (χ1v) is 6.93. The number of hydrogen-bond donors (Lipinski definition) is 1. The molecule has 0 bridgehead atoms. The van der Waals surface area contributed by atoms with E-state index in [9.17, 15) is 13.6 Å². The number of carbonyl (C=O) groups is 1. The normalized spacial score (nSPS) is 15.9. The van der Waals surface area contributed by atoms with E-state index in [0.717, 1.165) is 12.5 Å². The molecule has 3 nitrogen and oxygen atoms in total. The van der Waals surface area contributed by atoms with Crippen molar-refractivity contribution < 1.29 is 13.6 Å². The Kier molecular flexibility index (Phi) is 4.03. The van der Waals surface area contributed by atoms with Crippen LogP contribution >= 0.6 is 0 Å². The van der Waals surface area contributed by atoms with E-state index in [4.69, 9.17) is 5.73 Å². The first-order valence-electron chi connectivity index (χ1n) is 6.93. The van der Waals surface area contributed by atoms with Crippen molar-refractivity contribution in [2.24, 2.45) is 5.41 Å². The quantitative estimate of drug-likeness (QED) is 0.637. The van der Waals surface area contributed by atoms with Gasteiger partial charge in [0.15, 0.2) is 0 Å². The van der Waals surface area contributed by atoms with Crippen molar-refractivity contribution >= 4 is 11.6 Å². The lowest BCUT2D eigenvalue weighted by molar-refractivity contribution is 0.0760. The van der Waals surface area contributed by atoms with Gasteiger partial charge in [-0.25, -0.2) is 8.78 Å². The molecule has 1 aliphatic rings. The molecule has 114 valence electrons. The number of benzene rings is 1. The summed E-state index contributed by atoms with van der Waals surface area (Å²) in [6.07, 6.45) is 2.76. The fourth-order valence-corrected chi connectivity index (χ4v) is 2.43. The Morgan fingerprint density at radius 2 is 1.90 bits per heavy atom. The number of halogens is 2. The zero-order chi connectivity index (χ0) is 15.8. The predicted octanol–water partition coefficient (Wildman–Crippen LogP) is 3.37. The molecule has 5 heteroatoms. The van der Waals surface area contributed by atoms with Crippen LogP contribution < -0.4 is 5.73 Å². The summed E-state index contributed by atoms with van der Waals surface area (Å²) in [7, 11) is 0. The van der Waals surface area contributed by atoms with Crippen LogP contribution in [-0.4, -0.2) is 23.9 Å². The van der Waals surface area contributed by atoms with E-state index in [-0.39, 0.29) is 16.7 Å². The molecule has 0 saturated carbocycles. The Hall–Kier alpha value is -1.91. The second-order valence-corrected chi connectivity index (χ2v) is 6.33. The van der Waals surface area contributed by atoms with Crippen LogP contribution in [0.25, 0.3) is 0 Å². The zero-order valence-corrected chi connectivity index (χ0v) is 12.5. The lowest BCUT2D eigenvalue weighted by Gasteiger charge is -2.32. The molecule has 2 rings (SSSR count). The molecule has 1 amide bonds. The maximum Gasteiger partial charge on any atom is 0.257 e. The Morgan fingerprint density at radius 1 is 1.24 bits per heavy atom. The van der Waals surface area contributed by atoms with Crippen LogP contribution in [0.4, 0.5) is 14.5 Å². The number of nitrogens with zero attached hydrogens (tertiary/aromatic N) is 1. The Morgan fingerprint density at radius 3 is 2.43 bits per heavy atom. The van der Waals surface area contributed by atoms with Crippen LogP contribution in [0.3, 0.4) is 0 Å². The number of hydrogen-bond acceptors (Lipinski definition) is 2. The summed E-state index contributed by atoms with van der Waals surface area (Å²) >= 11 is 0. The maximum atomic E-state index is 13.7. The van der Waals surface area contributed by atoms with Gasteiger partial charge >= 0.3 is 0 Å². The number of nitrogen functional groups attached to an aromatic ring is 1. The van der Waals surface area contributed by atoms with Gasteiger partial charge in [-0.1, -0.05) is 32.4 Å². The van der Waals surface area contributed by atoms with Crippen LogP contribution in [0, 0.1) is 17.0 Å². The predicted molar refractivity (Wildman–Crippen MR) is 78.8 cm³/mol. The molecule has 0 atom stereocenters. The van der Waals surface area contributed by atoms with E-state index in [1.165, 1.54) is 5.57 Å². The molecule has 0 radical (unpaired) electrons. The summed E-state index contributed by atoms with van der Waals surface area (Å²) in [6, 6.07) is 1.72. The lowest BCUT2D eigenvalue weighted by atomic mass is 9.83. The Balaban J connectivity index is 2.20. The summed E-state index contributed by atoms with van der Waals surface area (Å²) < 4.78 is 26.9. The highest BCUT2D eigenvalue weighted by molar-refractivity contribution is 5.95. The van der Waals surface area contributed by atoms with Crippen molar-refractivity contribution in [3.05, 3.63) is 41.0 Å². The van der Waals surface area contributed by atoms with Crippen molar-refractivity contribution in [2.75, 3.05) is 18.8 Å². The summed E-state index contributed by atoms with van der Waals surface area (Å²) in [4.78, 5) is 13.9. The van der Waals surface area contributed by atoms with Gasteiger partial charge in [0.25, 0.3) is 5.91 Å². The molecule has 2 N–H and O–H groups in total. The first kappa shape index (κ1) is 15.5. The van der Waals surface area contributed by atoms with Gasteiger partial charge in [-0.05, 0) is 17.9 Å². The van der Waals surface area contributed by atoms with Gasteiger partial charge in [-0.15, -0.1) is 0 Å². The highest BCUT2D eigenvalue weighted by Crippen LogP contribution is 2.30. The summed E-state index contributed by atoms with van der Waals surface area (Å²) in [5.41, 5.74) is 6.37. The van der Waals surface area contributed by atoms with Crippen LogP contribution in [0.15, 0.2) is 23.8 Å². The van der Waals surface area contributed by atoms with Crippen LogP contribution in [0.2, 0.25) is 0 Å². The minimum atomic E-state index is -0.878. The average molecular weight is 294 g/mol. The molecular formula is C16H20F2N2O. The van der Waals surface area contributed by atoms with Gasteiger partial charge in [0, 0.05) is 19.2 Å². The van der Waals surface area contributed by atoms with Crippen LogP contribution in [0.1, 0.15) is 37.6 Å². The summed E-state index contributed by atoms with van der Waals surface area (Å²) in [6.45, 7) is 7.32. The number of anilines is 1. The van der Waals surface area contributed by atoms with Crippen molar-refractivity contribution in [1.82, 2.24) is 4.90 Å². The van der Waals surface area contributed by atoms with Gasteiger partial charge in [0.05, 0.1) is 11.3 Å². The van der Waals surface area contributed by atoms with E-state index in [0.29, 0.717) is 19.2 Å². The largest absolute Gasteiger partial charge is 0.396 e. The van der Waals surface area contributed by atoms with Gasteiger partial charge in [-0.2, -0.15) is 0 Å². The second kappa shape index (κ2) is 5.47. The molecule has 0 fully saturated rings. The topological polar surface area (TPSA) is 46.3 Å². The maximum absolute atomic E-state index is 13.7. The molecule has 0 unspecified atom stereocenters. The Labute approximate surface area is 123 Å². The fourth-order valence-electron chi connectivity index (χ4n) is 2.43. The highest BCUT2D eigenvalue weighted by Gasteiger charge is 2.26. The van der Waals surface area contributed by atoms with Gasteiger partial charge in [0.2, 0.25) is 0 Å². The highest BCUT2D eigenvalue weighted by atomic mass is 19.1. The van der Waals surface area contributed by atoms with Crippen molar-refractivity contribution in [2.45, 2.75) is 27.2 Å². The van der Waals surface area contributed by atoms with Crippen molar-refractivity contribution in [1.29, 1.82) is 0 Å². The van der Waals surface area contributed by atoms with Gasteiger partial charge in [-0.3, -0.25) is 4.79 Å². The minimum absolute atomic E-state index is 0.0701. The number of rotatable bonds is 1. The molecular weight excluding hydrogens is 274 g/mol. The number of amides is 1. The van der Waals surface area contributed by atoms with Crippen molar-refractivity contribution in [3.8, 4) is 0 Å². The van der Waals surface area contributed by atoms with E-state index in [2.05, 4.69) is 20.8 Å². The van der Waals surface area contributed by atoms with Gasteiger partial charge in [0.1, 0.15) is 11.6 Å². The fraction of sp³-hybridized carbons (Fsp3) is 0.438. The molecule has 1 aromatic rings. The average Bonchev–Trinajstić information content (AvgIpc) is 2.41. The summed E-state index contributed by atoms with van der Waals surface area (Å²) in [5.74, 6) is -2.18. The Bertz CT molecular complexity index is 603. The lowest BCUT2D eigenvalue weighted by Crippen LogP contribution is -2.36. The number of carbonyl (C=O) groups excluding carboxylic acids is 1. The number of nitrogens with two attached hydrogens (primary N) is 1. The second-order valence-electron chi connectivity index (χ2n) is 6.33. The minimum Gasteiger partial charge on any atom is -0.396 e. The van der Waals surface area contributed by atoms with E-state index in [1.54, 1.807) is 4.90 Å². The molecule has 21 heavy (non-hydrogen) atoms. The van der Waals surface area contributed by atoms with Crippen molar-refractivity contribution in [3.63, 3.8) is 0 Å². The monoisotopic (exact) mass is 294 g/mol. The smallest absolute Gasteiger partial charge is 0.257 e. The third kappa shape index (κ3) is 3.23. The van der Waals surface area contributed by atoms with E-state index >= 15 is 0 Å². The molecule has 1 aromatic carbocycles. The molecule has 1 heterocycles. The zero-order valence-electron chi connectivity index (χ0n) is 12.5. The SMILES string of the molecule is CC(C)(C)C1=CCN(C(=O)c2cc(N)c(F)cc2F)CC1.